The van der Waals surface area contributed by atoms with Gasteiger partial charge in [-0.25, -0.2) is 0 Å². The van der Waals surface area contributed by atoms with Crippen molar-refractivity contribution in [3.63, 3.8) is 0 Å². The summed E-state index contributed by atoms with van der Waals surface area (Å²) in [7, 11) is -3.52. The minimum Gasteiger partial charge on any atom is -0.376 e. The van der Waals surface area contributed by atoms with E-state index in [2.05, 4.69) is 16.1 Å². The first-order chi connectivity index (χ1) is 10.7. The summed E-state index contributed by atoms with van der Waals surface area (Å²) in [4.78, 5) is 2.37. The number of hydrogen-bond donors (Lipinski definition) is 0. The zero-order valence-corrected chi connectivity index (χ0v) is 13.4. The lowest BCUT2D eigenvalue weighted by atomic mass is 9.85. The number of halogens is 3. The third kappa shape index (κ3) is 3.19. The second-order valence-corrected chi connectivity index (χ2v) is 7.81. The second-order valence-electron chi connectivity index (χ2n) is 6.27. The number of hydrogen-bond acceptors (Lipinski definition) is 4. The summed E-state index contributed by atoms with van der Waals surface area (Å²) in [6.07, 6.45) is 4.14. The molecule has 0 aliphatic carbocycles. The van der Waals surface area contributed by atoms with Gasteiger partial charge in [0.15, 0.2) is 0 Å². The molecule has 2 fully saturated rings. The molecule has 23 heavy (non-hydrogen) atoms. The van der Waals surface area contributed by atoms with Crippen LogP contribution in [0.3, 0.4) is 0 Å². The molecule has 0 spiro atoms. The fraction of sp³-hybridized carbons (Fsp3) is 0.600. The van der Waals surface area contributed by atoms with Gasteiger partial charge in [-0.1, -0.05) is 12.1 Å². The Hall–Kier alpha value is -1.28. The fourth-order valence-electron chi connectivity index (χ4n) is 3.68. The molecule has 4 nitrogen and oxygen atoms in total. The van der Waals surface area contributed by atoms with Crippen molar-refractivity contribution in [2.45, 2.75) is 49.2 Å². The van der Waals surface area contributed by atoms with E-state index >= 15 is 0 Å². The lowest BCUT2D eigenvalue weighted by Crippen LogP contribution is -2.39. The number of rotatable bonds is 3. The maximum atomic E-state index is 12.4. The van der Waals surface area contributed by atoms with Crippen LogP contribution in [0.25, 0.3) is 0 Å². The minimum atomic E-state index is -5.62. The number of nitrogens with zero attached hydrogens (tertiary/aromatic N) is 1. The quantitative estimate of drug-likeness (QED) is 0.621. The van der Waals surface area contributed by atoms with E-state index in [1.54, 1.807) is 0 Å². The number of alkyl halides is 3. The van der Waals surface area contributed by atoms with Gasteiger partial charge in [-0.3, -0.25) is 0 Å². The molecule has 3 rings (SSSR count). The van der Waals surface area contributed by atoms with E-state index < -0.39 is 15.6 Å². The van der Waals surface area contributed by atoms with Crippen molar-refractivity contribution in [2.75, 3.05) is 7.05 Å². The largest absolute Gasteiger partial charge is 0.534 e. The Kier molecular flexibility index (Phi) is 4.08. The first-order valence-corrected chi connectivity index (χ1v) is 8.91. The monoisotopic (exact) mass is 349 g/mol. The Bertz CT molecular complexity index is 675. The van der Waals surface area contributed by atoms with Crippen LogP contribution in [-0.2, 0) is 10.1 Å². The average Bonchev–Trinajstić information content (AvgIpc) is 2.68. The van der Waals surface area contributed by atoms with Crippen LogP contribution in [-0.4, -0.2) is 38.0 Å². The fourth-order valence-corrected chi connectivity index (χ4v) is 4.13. The van der Waals surface area contributed by atoms with Crippen LogP contribution >= 0.6 is 0 Å². The highest BCUT2D eigenvalue weighted by Crippen LogP contribution is 2.42. The molecule has 0 amide bonds. The van der Waals surface area contributed by atoms with Crippen LogP contribution in [0.1, 0.15) is 37.2 Å². The van der Waals surface area contributed by atoms with Crippen molar-refractivity contribution >= 4 is 10.1 Å². The SMILES string of the molecule is CN1[C@@H]2CC[C@H]1C[C@@H](c1cccc(OS(=O)(=O)C(F)(F)F)c1)C2. The summed E-state index contributed by atoms with van der Waals surface area (Å²) in [6.45, 7) is 0. The molecule has 0 saturated carbocycles. The topological polar surface area (TPSA) is 46.6 Å². The third-order valence-electron chi connectivity index (χ3n) is 4.92. The van der Waals surface area contributed by atoms with Gasteiger partial charge in [0.1, 0.15) is 5.75 Å². The molecule has 0 N–H and O–H groups in total. The maximum absolute atomic E-state index is 12.4. The Morgan fingerprint density at radius 1 is 1.17 bits per heavy atom. The van der Waals surface area contributed by atoms with E-state index in [9.17, 15) is 21.6 Å². The normalized spacial score (nSPS) is 28.8. The lowest BCUT2D eigenvalue weighted by Gasteiger charge is -2.36. The first kappa shape index (κ1) is 16.6. The van der Waals surface area contributed by atoms with Gasteiger partial charge < -0.3 is 9.08 Å². The second kappa shape index (κ2) is 5.66. The predicted molar refractivity (Wildman–Crippen MR) is 78.6 cm³/mol. The van der Waals surface area contributed by atoms with Crippen LogP contribution in [0.15, 0.2) is 24.3 Å². The van der Waals surface area contributed by atoms with Crippen LogP contribution < -0.4 is 4.18 Å². The highest BCUT2D eigenvalue weighted by molar-refractivity contribution is 7.88. The van der Waals surface area contributed by atoms with Gasteiger partial charge in [0.05, 0.1) is 0 Å². The van der Waals surface area contributed by atoms with Crippen molar-refractivity contribution in [1.82, 2.24) is 4.90 Å². The van der Waals surface area contributed by atoms with Gasteiger partial charge in [-0.05, 0) is 56.3 Å². The first-order valence-electron chi connectivity index (χ1n) is 7.50. The molecule has 0 unspecified atom stereocenters. The van der Waals surface area contributed by atoms with Crippen LogP contribution in [0.5, 0.6) is 5.75 Å². The Balaban J connectivity index is 1.79. The zero-order chi connectivity index (χ0) is 16.8. The summed E-state index contributed by atoms with van der Waals surface area (Å²) < 4.78 is 63.7. The molecule has 2 bridgehead atoms. The van der Waals surface area contributed by atoms with Gasteiger partial charge in [-0.15, -0.1) is 0 Å². The summed E-state index contributed by atoms with van der Waals surface area (Å²) in [6, 6.07) is 6.98. The molecule has 3 atom stereocenters. The van der Waals surface area contributed by atoms with E-state index in [0.717, 1.165) is 31.2 Å². The zero-order valence-electron chi connectivity index (χ0n) is 12.6. The summed E-state index contributed by atoms with van der Waals surface area (Å²) in [5.74, 6) is -0.0630. The van der Waals surface area contributed by atoms with Crippen LogP contribution in [0.2, 0.25) is 0 Å². The summed E-state index contributed by atoms with van der Waals surface area (Å²) in [5, 5.41) is 0. The molecular formula is C15H18F3NO3S. The Labute approximate surface area is 133 Å². The number of benzene rings is 1. The Morgan fingerprint density at radius 3 is 2.35 bits per heavy atom. The van der Waals surface area contributed by atoms with E-state index in [4.69, 9.17) is 0 Å². The molecule has 0 radical (unpaired) electrons. The maximum Gasteiger partial charge on any atom is 0.534 e. The van der Waals surface area contributed by atoms with Gasteiger partial charge >= 0.3 is 15.6 Å². The molecule has 2 saturated heterocycles. The van der Waals surface area contributed by atoms with Crippen molar-refractivity contribution in [3.05, 3.63) is 29.8 Å². The van der Waals surface area contributed by atoms with E-state index in [-0.39, 0.29) is 11.7 Å². The number of fused-ring (bicyclic) bond motifs is 2. The Morgan fingerprint density at radius 2 is 1.78 bits per heavy atom. The van der Waals surface area contributed by atoms with E-state index in [0.29, 0.717) is 12.1 Å². The van der Waals surface area contributed by atoms with Gasteiger partial charge in [0.2, 0.25) is 0 Å². The highest BCUT2D eigenvalue weighted by atomic mass is 32.2. The summed E-state index contributed by atoms with van der Waals surface area (Å²) in [5.41, 5.74) is -4.58. The minimum absolute atomic E-state index is 0.223. The highest BCUT2D eigenvalue weighted by Gasteiger charge is 2.48. The molecule has 2 aliphatic rings. The molecule has 1 aromatic rings. The molecule has 128 valence electrons. The molecule has 2 heterocycles. The van der Waals surface area contributed by atoms with E-state index in [1.165, 1.54) is 18.2 Å². The summed E-state index contributed by atoms with van der Waals surface area (Å²) >= 11 is 0. The van der Waals surface area contributed by atoms with Crippen molar-refractivity contribution < 1.29 is 25.8 Å². The van der Waals surface area contributed by atoms with Crippen molar-refractivity contribution in [1.29, 1.82) is 0 Å². The predicted octanol–water partition coefficient (Wildman–Crippen LogP) is 3.26. The molecule has 0 aromatic heterocycles. The average molecular weight is 349 g/mol. The third-order valence-corrected chi connectivity index (χ3v) is 5.90. The van der Waals surface area contributed by atoms with Crippen molar-refractivity contribution in [2.24, 2.45) is 0 Å². The van der Waals surface area contributed by atoms with Gasteiger partial charge in [0.25, 0.3) is 0 Å². The van der Waals surface area contributed by atoms with Gasteiger partial charge in [-0.2, -0.15) is 21.6 Å². The smallest absolute Gasteiger partial charge is 0.376 e. The molecular weight excluding hydrogens is 331 g/mol. The molecule has 1 aromatic carbocycles. The van der Waals surface area contributed by atoms with Crippen LogP contribution in [0.4, 0.5) is 13.2 Å². The van der Waals surface area contributed by atoms with Crippen molar-refractivity contribution in [3.8, 4) is 5.75 Å². The van der Waals surface area contributed by atoms with Gasteiger partial charge in [0, 0.05) is 12.1 Å². The molecule has 2 aliphatic heterocycles. The van der Waals surface area contributed by atoms with Crippen LogP contribution in [0, 0.1) is 0 Å². The number of piperidine rings is 1. The lowest BCUT2D eigenvalue weighted by molar-refractivity contribution is -0.0500. The van der Waals surface area contributed by atoms with E-state index in [1.807, 2.05) is 6.07 Å². The standard InChI is InChI=1S/C15H18F3NO3S/c1-19-12-5-6-13(19)8-11(7-12)10-3-2-4-14(9-10)22-23(20,21)15(16,17)18/h2-4,9,11-13H,5-8H2,1H3/t11-,12+,13-. The molecule has 8 heteroatoms.